The number of halogens is 1. The monoisotopic (exact) mass is 328 g/mol. The van der Waals surface area contributed by atoms with E-state index < -0.39 is 5.97 Å². The van der Waals surface area contributed by atoms with Crippen molar-refractivity contribution in [1.82, 2.24) is 0 Å². The number of carboxylic acid groups (broad SMARTS) is 1. The summed E-state index contributed by atoms with van der Waals surface area (Å²) in [6, 6.07) is 4.77. The summed E-state index contributed by atoms with van der Waals surface area (Å²) in [6.45, 7) is 1.88. The molecule has 1 atom stereocenters. The molecule has 0 fully saturated rings. The van der Waals surface area contributed by atoms with Crippen LogP contribution in [-0.4, -0.2) is 23.0 Å². The van der Waals surface area contributed by atoms with Crippen molar-refractivity contribution in [3.63, 3.8) is 0 Å². The van der Waals surface area contributed by atoms with Crippen LogP contribution in [0.25, 0.3) is 0 Å². The highest BCUT2D eigenvalue weighted by Crippen LogP contribution is 2.21. The van der Waals surface area contributed by atoms with Gasteiger partial charge < -0.3 is 16.2 Å². The normalized spacial score (nSPS) is 11.9. The molecule has 0 saturated carbocycles. The first-order valence-electron chi connectivity index (χ1n) is 5.98. The minimum Gasteiger partial charge on any atom is -0.478 e. The SMILES string of the molecule is CC(N)CCCC(=O)Nc1ccc(Br)cc1C(=O)O. The lowest BCUT2D eigenvalue weighted by molar-refractivity contribution is -0.116. The molecule has 0 aliphatic carbocycles. The van der Waals surface area contributed by atoms with Gasteiger partial charge in [0.05, 0.1) is 11.3 Å². The number of hydrogen-bond acceptors (Lipinski definition) is 3. The lowest BCUT2D eigenvalue weighted by Gasteiger charge is -2.09. The van der Waals surface area contributed by atoms with Gasteiger partial charge in [0.1, 0.15) is 0 Å². The van der Waals surface area contributed by atoms with Crippen LogP contribution in [-0.2, 0) is 4.79 Å². The van der Waals surface area contributed by atoms with Crippen LogP contribution in [0.15, 0.2) is 22.7 Å². The van der Waals surface area contributed by atoms with Gasteiger partial charge in [-0.25, -0.2) is 4.79 Å². The van der Waals surface area contributed by atoms with Gasteiger partial charge in [-0.1, -0.05) is 15.9 Å². The summed E-state index contributed by atoms with van der Waals surface area (Å²) >= 11 is 3.20. The first kappa shape index (κ1) is 15.7. The number of aromatic carboxylic acids is 1. The van der Waals surface area contributed by atoms with Gasteiger partial charge in [-0.15, -0.1) is 0 Å². The number of carbonyl (C=O) groups excluding carboxylic acids is 1. The number of benzene rings is 1. The Morgan fingerprint density at radius 1 is 1.47 bits per heavy atom. The molecule has 4 N–H and O–H groups in total. The Hall–Kier alpha value is -1.40. The number of nitrogens with one attached hydrogen (secondary N) is 1. The molecule has 0 saturated heterocycles. The summed E-state index contributed by atoms with van der Waals surface area (Å²) in [6.07, 6.45) is 1.78. The molecule has 1 aromatic rings. The Kier molecular flexibility index (Phi) is 5.98. The van der Waals surface area contributed by atoms with E-state index in [0.29, 0.717) is 23.0 Å². The summed E-state index contributed by atoms with van der Waals surface area (Å²) in [5.74, 6) is -1.28. The highest BCUT2D eigenvalue weighted by atomic mass is 79.9. The Morgan fingerprint density at radius 3 is 2.74 bits per heavy atom. The summed E-state index contributed by atoms with van der Waals surface area (Å²) < 4.78 is 0.653. The standard InChI is InChI=1S/C13H17BrN2O3/c1-8(15)3-2-4-12(17)16-11-6-5-9(14)7-10(11)13(18)19/h5-8H,2-4,15H2,1H3,(H,16,17)(H,18,19). The van der Waals surface area contributed by atoms with Gasteiger partial charge in [0, 0.05) is 16.9 Å². The van der Waals surface area contributed by atoms with Gasteiger partial charge in [-0.3, -0.25) is 4.79 Å². The Bertz CT molecular complexity index is 475. The molecule has 0 aliphatic heterocycles. The quantitative estimate of drug-likeness (QED) is 0.748. The maximum absolute atomic E-state index is 11.7. The van der Waals surface area contributed by atoms with Crippen LogP contribution < -0.4 is 11.1 Å². The van der Waals surface area contributed by atoms with Crippen LogP contribution in [0.1, 0.15) is 36.5 Å². The zero-order valence-corrected chi connectivity index (χ0v) is 12.2. The lowest BCUT2D eigenvalue weighted by Crippen LogP contribution is -2.17. The fraction of sp³-hybridized carbons (Fsp3) is 0.385. The zero-order chi connectivity index (χ0) is 14.4. The summed E-state index contributed by atoms with van der Waals surface area (Å²) in [5.41, 5.74) is 5.97. The van der Waals surface area contributed by atoms with Crippen molar-refractivity contribution in [3.05, 3.63) is 28.2 Å². The van der Waals surface area contributed by atoms with Crippen molar-refractivity contribution in [2.24, 2.45) is 5.73 Å². The Morgan fingerprint density at radius 2 is 2.16 bits per heavy atom. The maximum atomic E-state index is 11.7. The molecule has 1 amide bonds. The van der Waals surface area contributed by atoms with Crippen molar-refractivity contribution in [2.75, 3.05) is 5.32 Å². The topological polar surface area (TPSA) is 92.4 Å². The third kappa shape index (κ3) is 5.40. The van der Waals surface area contributed by atoms with Gasteiger partial charge in [0.2, 0.25) is 5.91 Å². The van der Waals surface area contributed by atoms with Crippen molar-refractivity contribution in [2.45, 2.75) is 32.2 Å². The second kappa shape index (κ2) is 7.25. The fourth-order valence-corrected chi connectivity index (χ4v) is 1.96. The predicted molar refractivity (Wildman–Crippen MR) is 77.2 cm³/mol. The molecule has 0 aliphatic rings. The molecule has 1 rings (SSSR count). The second-order valence-electron chi connectivity index (χ2n) is 4.41. The maximum Gasteiger partial charge on any atom is 0.337 e. The third-order valence-corrected chi connectivity index (χ3v) is 3.04. The summed E-state index contributed by atoms with van der Waals surface area (Å²) in [5, 5.41) is 11.7. The summed E-state index contributed by atoms with van der Waals surface area (Å²) in [4.78, 5) is 22.8. The number of nitrogens with two attached hydrogens (primary N) is 1. The fourth-order valence-electron chi connectivity index (χ4n) is 1.60. The number of anilines is 1. The van der Waals surface area contributed by atoms with E-state index in [0.717, 1.165) is 6.42 Å². The summed E-state index contributed by atoms with van der Waals surface area (Å²) in [7, 11) is 0. The number of rotatable bonds is 6. The molecule has 0 spiro atoms. The van der Waals surface area contributed by atoms with Crippen LogP contribution in [0.5, 0.6) is 0 Å². The number of carbonyl (C=O) groups is 2. The van der Waals surface area contributed by atoms with Crippen molar-refractivity contribution >= 4 is 33.5 Å². The third-order valence-electron chi connectivity index (χ3n) is 2.55. The smallest absolute Gasteiger partial charge is 0.337 e. The molecular weight excluding hydrogens is 312 g/mol. The van der Waals surface area contributed by atoms with E-state index in [4.69, 9.17) is 10.8 Å². The molecule has 5 nitrogen and oxygen atoms in total. The molecule has 0 radical (unpaired) electrons. The van der Waals surface area contributed by atoms with E-state index in [1.807, 2.05) is 6.92 Å². The number of amides is 1. The van der Waals surface area contributed by atoms with Gasteiger partial charge in [0.15, 0.2) is 0 Å². The number of hydrogen-bond donors (Lipinski definition) is 3. The van der Waals surface area contributed by atoms with Gasteiger partial charge in [-0.2, -0.15) is 0 Å². The molecule has 19 heavy (non-hydrogen) atoms. The van der Waals surface area contributed by atoms with Crippen LogP contribution in [0.4, 0.5) is 5.69 Å². The largest absolute Gasteiger partial charge is 0.478 e. The molecule has 1 unspecified atom stereocenters. The van der Waals surface area contributed by atoms with Crippen molar-refractivity contribution in [1.29, 1.82) is 0 Å². The van der Waals surface area contributed by atoms with Crippen LogP contribution >= 0.6 is 15.9 Å². The van der Waals surface area contributed by atoms with Gasteiger partial charge in [0.25, 0.3) is 0 Å². The Labute approximate surface area is 120 Å². The minimum absolute atomic E-state index is 0.0647. The average Bonchev–Trinajstić information content (AvgIpc) is 2.30. The highest BCUT2D eigenvalue weighted by molar-refractivity contribution is 9.10. The molecule has 0 bridgehead atoms. The van der Waals surface area contributed by atoms with Crippen molar-refractivity contribution in [3.8, 4) is 0 Å². The first-order chi connectivity index (χ1) is 8.90. The van der Waals surface area contributed by atoms with Crippen LogP contribution in [0.2, 0.25) is 0 Å². The van der Waals surface area contributed by atoms with Crippen molar-refractivity contribution < 1.29 is 14.7 Å². The second-order valence-corrected chi connectivity index (χ2v) is 5.33. The highest BCUT2D eigenvalue weighted by Gasteiger charge is 2.13. The van der Waals surface area contributed by atoms with E-state index in [9.17, 15) is 9.59 Å². The Balaban J connectivity index is 2.66. The van der Waals surface area contributed by atoms with Gasteiger partial charge >= 0.3 is 5.97 Å². The first-order valence-corrected chi connectivity index (χ1v) is 6.77. The van der Waals surface area contributed by atoms with Crippen LogP contribution in [0.3, 0.4) is 0 Å². The van der Waals surface area contributed by atoms with E-state index in [-0.39, 0.29) is 17.5 Å². The molecular formula is C13H17BrN2O3. The minimum atomic E-state index is -1.08. The lowest BCUT2D eigenvalue weighted by atomic mass is 10.1. The molecule has 6 heteroatoms. The van der Waals surface area contributed by atoms with E-state index in [1.54, 1.807) is 12.1 Å². The number of carboxylic acids is 1. The molecule has 0 heterocycles. The predicted octanol–water partition coefficient (Wildman–Crippen LogP) is 2.60. The zero-order valence-electron chi connectivity index (χ0n) is 10.6. The van der Waals surface area contributed by atoms with E-state index >= 15 is 0 Å². The van der Waals surface area contributed by atoms with E-state index in [2.05, 4.69) is 21.2 Å². The van der Waals surface area contributed by atoms with Gasteiger partial charge in [-0.05, 0) is 38.0 Å². The van der Waals surface area contributed by atoms with E-state index in [1.165, 1.54) is 6.07 Å². The molecule has 104 valence electrons. The molecule has 0 aromatic heterocycles. The average molecular weight is 329 g/mol. The molecule has 1 aromatic carbocycles. The van der Waals surface area contributed by atoms with Crippen LogP contribution in [0, 0.1) is 0 Å².